The van der Waals surface area contributed by atoms with Gasteiger partial charge < -0.3 is 15.5 Å². The highest BCUT2D eigenvalue weighted by molar-refractivity contribution is 14.0. The molecule has 2 N–H and O–H groups in total. The number of likely N-dealkylation sites (tertiary alicyclic amines) is 1. The van der Waals surface area contributed by atoms with Crippen molar-refractivity contribution in [3.8, 4) is 0 Å². The molecule has 2 aromatic rings. The number of hydrogen-bond acceptors (Lipinski definition) is 4. The van der Waals surface area contributed by atoms with Crippen molar-refractivity contribution in [2.45, 2.75) is 44.8 Å². The molecule has 4 rings (SSSR count). The van der Waals surface area contributed by atoms with Crippen LogP contribution in [0.3, 0.4) is 0 Å². The van der Waals surface area contributed by atoms with Crippen LogP contribution in [-0.2, 0) is 13.1 Å². The summed E-state index contributed by atoms with van der Waals surface area (Å²) < 4.78 is 0. The minimum absolute atomic E-state index is 0. The second-order valence-corrected chi connectivity index (χ2v) is 8.32. The zero-order valence-corrected chi connectivity index (χ0v) is 20.8. The number of hydrogen-bond donors (Lipinski definition) is 2. The number of aliphatic imine (C=N–C) groups is 1. The third-order valence-electron chi connectivity index (χ3n) is 6.10. The summed E-state index contributed by atoms with van der Waals surface area (Å²) in [5.74, 6) is 1.98. The molecule has 6 nitrogen and oxygen atoms in total. The molecule has 0 atom stereocenters. The molecule has 7 heteroatoms. The predicted molar refractivity (Wildman–Crippen MR) is 139 cm³/mol. The molecule has 0 radical (unpaired) electrons. The molecule has 1 aromatic heterocycles. The van der Waals surface area contributed by atoms with Gasteiger partial charge in [-0.25, -0.2) is 4.98 Å². The van der Waals surface area contributed by atoms with Crippen molar-refractivity contribution >= 4 is 35.8 Å². The monoisotopic (exact) mass is 534 g/mol. The first-order valence-corrected chi connectivity index (χ1v) is 11.2. The zero-order valence-electron chi connectivity index (χ0n) is 18.5. The van der Waals surface area contributed by atoms with Crippen molar-refractivity contribution in [3.05, 3.63) is 59.8 Å². The average molecular weight is 534 g/mol. The van der Waals surface area contributed by atoms with Crippen molar-refractivity contribution in [2.75, 3.05) is 38.1 Å². The van der Waals surface area contributed by atoms with E-state index in [1.54, 1.807) is 0 Å². The molecule has 0 amide bonds. The Morgan fingerprint density at radius 2 is 1.77 bits per heavy atom. The number of nitrogens with one attached hydrogen (secondary N) is 2. The number of pyridine rings is 1. The maximum Gasteiger partial charge on any atom is 0.191 e. The van der Waals surface area contributed by atoms with E-state index in [-0.39, 0.29) is 24.0 Å². The van der Waals surface area contributed by atoms with Gasteiger partial charge in [0, 0.05) is 58.6 Å². The van der Waals surface area contributed by atoms with Crippen LogP contribution in [-0.4, -0.2) is 55.1 Å². The van der Waals surface area contributed by atoms with E-state index in [9.17, 15) is 0 Å². The third kappa shape index (κ3) is 7.07. The van der Waals surface area contributed by atoms with Gasteiger partial charge in [0.25, 0.3) is 0 Å². The normalized spacial score (nSPS) is 18.0. The molecule has 2 saturated heterocycles. The number of guanidine groups is 1. The van der Waals surface area contributed by atoms with E-state index in [0.29, 0.717) is 6.04 Å². The molecular weight excluding hydrogens is 499 g/mol. The molecule has 0 bridgehead atoms. The zero-order chi connectivity index (χ0) is 20.6. The van der Waals surface area contributed by atoms with E-state index in [1.807, 2.05) is 13.2 Å². The van der Waals surface area contributed by atoms with Crippen LogP contribution in [0.4, 0.5) is 5.82 Å². The number of halogens is 1. The van der Waals surface area contributed by atoms with E-state index in [4.69, 9.17) is 0 Å². The van der Waals surface area contributed by atoms with Crippen LogP contribution in [0.15, 0.2) is 53.7 Å². The van der Waals surface area contributed by atoms with Crippen molar-refractivity contribution in [1.82, 2.24) is 20.5 Å². The fraction of sp³-hybridized carbons (Fsp3) is 0.500. The second kappa shape index (κ2) is 12.2. The number of rotatable bonds is 6. The summed E-state index contributed by atoms with van der Waals surface area (Å²) in [4.78, 5) is 13.9. The van der Waals surface area contributed by atoms with Gasteiger partial charge in [0.2, 0.25) is 0 Å². The molecule has 31 heavy (non-hydrogen) atoms. The quantitative estimate of drug-likeness (QED) is 0.337. The Labute approximate surface area is 203 Å². The van der Waals surface area contributed by atoms with E-state index in [1.165, 1.54) is 24.0 Å². The van der Waals surface area contributed by atoms with E-state index in [0.717, 1.165) is 63.9 Å². The molecule has 2 aliphatic rings. The third-order valence-corrected chi connectivity index (χ3v) is 6.10. The van der Waals surface area contributed by atoms with E-state index < -0.39 is 0 Å². The van der Waals surface area contributed by atoms with Crippen LogP contribution in [0, 0.1) is 0 Å². The van der Waals surface area contributed by atoms with Gasteiger partial charge in [0.15, 0.2) is 5.96 Å². The first-order valence-electron chi connectivity index (χ1n) is 11.2. The average Bonchev–Trinajstić information content (AvgIpc) is 3.34. The van der Waals surface area contributed by atoms with Gasteiger partial charge in [-0.2, -0.15) is 0 Å². The number of anilines is 1. The standard InChI is InChI=1S/C24H34N6.HI/c1-25-24(27-18-21-9-12-26-23(17-21)30-13-5-6-14-30)28-22-10-15-29(16-11-22)19-20-7-3-2-4-8-20;/h2-4,7-9,12,17,22H,5-6,10-11,13-16,18-19H2,1H3,(H2,25,27,28);1H. The fourth-order valence-corrected chi connectivity index (χ4v) is 4.34. The number of aromatic nitrogens is 1. The topological polar surface area (TPSA) is 55.8 Å². The first-order chi connectivity index (χ1) is 14.8. The first kappa shape index (κ1) is 23.8. The van der Waals surface area contributed by atoms with Gasteiger partial charge in [0.05, 0.1) is 0 Å². The second-order valence-electron chi connectivity index (χ2n) is 8.32. The summed E-state index contributed by atoms with van der Waals surface area (Å²) >= 11 is 0. The lowest BCUT2D eigenvalue weighted by Crippen LogP contribution is -2.48. The van der Waals surface area contributed by atoms with Crippen molar-refractivity contribution < 1.29 is 0 Å². The fourth-order valence-electron chi connectivity index (χ4n) is 4.34. The molecule has 3 heterocycles. The van der Waals surface area contributed by atoms with Crippen LogP contribution in [0.25, 0.3) is 0 Å². The number of benzene rings is 1. The van der Waals surface area contributed by atoms with E-state index in [2.05, 4.69) is 72.9 Å². The minimum Gasteiger partial charge on any atom is -0.357 e. The summed E-state index contributed by atoms with van der Waals surface area (Å²) in [6, 6.07) is 15.5. The summed E-state index contributed by atoms with van der Waals surface area (Å²) in [6.45, 7) is 6.28. The van der Waals surface area contributed by atoms with Gasteiger partial charge >= 0.3 is 0 Å². The van der Waals surface area contributed by atoms with Crippen LogP contribution < -0.4 is 15.5 Å². The molecule has 0 unspecified atom stereocenters. The van der Waals surface area contributed by atoms with Gasteiger partial charge in [-0.1, -0.05) is 30.3 Å². The Kier molecular flexibility index (Phi) is 9.39. The predicted octanol–water partition coefficient (Wildman–Crippen LogP) is 3.63. The minimum atomic E-state index is 0. The number of piperidine rings is 1. The SMILES string of the molecule is CN=C(NCc1ccnc(N2CCCC2)c1)NC1CCN(Cc2ccccc2)CC1.I. The lowest BCUT2D eigenvalue weighted by molar-refractivity contribution is 0.198. The Morgan fingerprint density at radius 1 is 1.03 bits per heavy atom. The molecule has 2 fully saturated rings. The van der Waals surface area contributed by atoms with E-state index >= 15 is 0 Å². The summed E-state index contributed by atoms with van der Waals surface area (Å²) in [5, 5.41) is 7.10. The highest BCUT2D eigenvalue weighted by atomic mass is 127. The Balaban J connectivity index is 0.00000272. The maximum atomic E-state index is 4.55. The van der Waals surface area contributed by atoms with Crippen LogP contribution >= 0.6 is 24.0 Å². The largest absolute Gasteiger partial charge is 0.357 e. The Hall–Kier alpha value is -1.87. The Morgan fingerprint density at radius 3 is 2.48 bits per heavy atom. The van der Waals surface area contributed by atoms with Gasteiger partial charge in [0.1, 0.15) is 5.82 Å². The molecular formula is C24H35IN6. The smallest absolute Gasteiger partial charge is 0.191 e. The summed E-state index contributed by atoms with van der Waals surface area (Å²) in [7, 11) is 1.85. The van der Waals surface area contributed by atoms with Crippen molar-refractivity contribution in [2.24, 2.45) is 4.99 Å². The van der Waals surface area contributed by atoms with Crippen LogP contribution in [0.2, 0.25) is 0 Å². The Bertz CT molecular complexity index is 814. The maximum absolute atomic E-state index is 4.55. The molecule has 168 valence electrons. The lowest BCUT2D eigenvalue weighted by Gasteiger charge is -2.33. The molecule has 0 aliphatic carbocycles. The van der Waals surface area contributed by atoms with Crippen molar-refractivity contribution in [1.29, 1.82) is 0 Å². The van der Waals surface area contributed by atoms with Gasteiger partial charge in [-0.05, 0) is 48.9 Å². The van der Waals surface area contributed by atoms with Gasteiger partial charge in [-0.3, -0.25) is 9.89 Å². The van der Waals surface area contributed by atoms with Gasteiger partial charge in [-0.15, -0.1) is 24.0 Å². The number of nitrogens with zero attached hydrogens (tertiary/aromatic N) is 4. The van der Waals surface area contributed by atoms with Crippen molar-refractivity contribution in [3.63, 3.8) is 0 Å². The molecule has 0 saturated carbocycles. The van der Waals surface area contributed by atoms with Crippen LogP contribution in [0.5, 0.6) is 0 Å². The van der Waals surface area contributed by atoms with Crippen LogP contribution in [0.1, 0.15) is 36.8 Å². The molecule has 0 spiro atoms. The summed E-state index contributed by atoms with van der Waals surface area (Å²) in [6.07, 6.45) is 6.74. The highest BCUT2D eigenvalue weighted by Crippen LogP contribution is 2.18. The molecule has 2 aliphatic heterocycles. The molecule has 1 aromatic carbocycles. The summed E-state index contributed by atoms with van der Waals surface area (Å²) in [5.41, 5.74) is 2.64. The highest BCUT2D eigenvalue weighted by Gasteiger charge is 2.20. The lowest BCUT2D eigenvalue weighted by atomic mass is 10.0.